The van der Waals surface area contributed by atoms with Crippen molar-refractivity contribution in [1.82, 2.24) is 0 Å². The first-order chi connectivity index (χ1) is 8.26. The zero-order valence-corrected chi connectivity index (χ0v) is 10.2. The Morgan fingerprint density at radius 3 is 2.59 bits per heavy atom. The van der Waals surface area contributed by atoms with Gasteiger partial charge in [0, 0.05) is 11.3 Å². The number of rotatable bonds is 3. The number of anilines is 1. The number of ether oxygens (including phenoxy) is 1. The third kappa shape index (κ3) is 2.26. The van der Waals surface area contributed by atoms with E-state index in [1.54, 1.807) is 7.11 Å². The monoisotopic (exact) mass is 227 g/mol. The number of hydrogen-bond donors (Lipinski definition) is 1. The van der Waals surface area contributed by atoms with Crippen LogP contribution in [0.1, 0.15) is 12.5 Å². The van der Waals surface area contributed by atoms with Crippen LogP contribution in [-0.2, 0) is 6.42 Å². The Morgan fingerprint density at radius 1 is 1.12 bits per heavy atom. The molecular formula is C15H17NO. The fourth-order valence-electron chi connectivity index (χ4n) is 1.96. The molecule has 0 atom stereocenters. The van der Waals surface area contributed by atoms with E-state index in [2.05, 4.69) is 19.1 Å². The summed E-state index contributed by atoms with van der Waals surface area (Å²) in [5, 5.41) is 0. The molecule has 0 unspecified atom stereocenters. The van der Waals surface area contributed by atoms with Gasteiger partial charge in [-0.15, -0.1) is 0 Å². The van der Waals surface area contributed by atoms with Gasteiger partial charge in [0.1, 0.15) is 5.75 Å². The summed E-state index contributed by atoms with van der Waals surface area (Å²) in [6.45, 7) is 2.11. The van der Waals surface area contributed by atoms with Gasteiger partial charge in [-0.05, 0) is 35.7 Å². The van der Waals surface area contributed by atoms with Crippen molar-refractivity contribution < 1.29 is 4.74 Å². The van der Waals surface area contributed by atoms with Gasteiger partial charge < -0.3 is 10.5 Å². The molecule has 0 saturated heterocycles. The van der Waals surface area contributed by atoms with Crippen LogP contribution < -0.4 is 10.5 Å². The van der Waals surface area contributed by atoms with Gasteiger partial charge in [-0.2, -0.15) is 0 Å². The number of para-hydroxylation sites is 1. The third-order valence-electron chi connectivity index (χ3n) is 2.94. The van der Waals surface area contributed by atoms with Crippen LogP contribution in [0.2, 0.25) is 0 Å². The summed E-state index contributed by atoms with van der Waals surface area (Å²) in [6, 6.07) is 14.1. The molecule has 0 aliphatic carbocycles. The molecule has 0 heterocycles. The maximum absolute atomic E-state index is 5.92. The van der Waals surface area contributed by atoms with Gasteiger partial charge in [-0.25, -0.2) is 0 Å². The summed E-state index contributed by atoms with van der Waals surface area (Å²) < 4.78 is 5.37. The summed E-state index contributed by atoms with van der Waals surface area (Å²) in [6.07, 6.45) is 0.939. The van der Waals surface area contributed by atoms with Crippen LogP contribution in [0.15, 0.2) is 42.5 Å². The Balaban J connectivity index is 2.53. The maximum atomic E-state index is 5.92. The number of nitrogen functional groups attached to an aromatic ring is 1. The molecule has 2 nitrogen and oxygen atoms in total. The first kappa shape index (κ1) is 11.5. The number of benzene rings is 2. The van der Waals surface area contributed by atoms with Crippen LogP contribution in [0, 0.1) is 0 Å². The summed E-state index contributed by atoms with van der Waals surface area (Å²) in [4.78, 5) is 0. The second kappa shape index (κ2) is 4.91. The van der Waals surface area contributed by atoms with E-state index in [-0.39, 0.29) is 0 Å². The summed E-state index contributed by atoms with van der Waals surface area (Å²) in [7, 11) is 1.69. The summed E-state index contributed by atoms with van der Waals surface area (Å²) >= 11 is 0. The Bertz CT molecular complexity index is 520. The minimum atomic E-state index is 0.853. The molecule has 2 rings (SSSR count). The predicted octanol–water partition coefficient (Wildman–Crippen LogP) is 3.51. The van der Waals surface area contributed by atoms with E-state index < -0.39 is 0 Å². The first-order valence-corrected chi connectivity index (χ1v) is 5.78. The highest BCUT2D eigenvalue weighted by Crippen LogP contribution is 2.31. The van der Waals surface area contributed by atoms with Gasteiger partial charge in [-0.3, -0.25) is 0 Å². The molecule has 0 spiro atoms. The summed E-state index contributed by atoms with van der Waals surface area (Å²) in [5.74, 6) is 0.888. The molecule has 2 aromatic carbocycles. The average Bonchev–Trinajstić information content (AvgIpc) is 2.39. The topological polar surface area (TPSA) is 35.2 Å². The highest BCUT2D eigenvalue weighted by molar-refractivity contribution is 5.73. The van der Waals surface area contributed by atoms with E-state index in [1.165, 1.54) is 5.56 Å². The number of hydrogen-bond acceptors (Lipinski definition) is 2. The van der Waals surface area contributed by atoms with Crippen LogP contribution in [0.4, 0.5) is 5.69 Å². The van der Waals surface area contributed by atoms with Crippen molar-refractivity contribution in [3.8, 4) is 16.9 Å². The van der Waals surface area contributed by atoms with Gasteiger partial charge in [-0.1, -0.05) is 31.2 Å². The number of methoxy groups -OCH3 is 1. The standard InChI is InChI=1S/C15H17NO/c1-3-11-10-12(8-9-14(11)16)13-6-4-5-7-15(13)17-2/h4-10H,3,16H2,1-2H3. The van der Waals surface area contributed by atoms with Crippen molar-refractivity contribution in [2.45, 2.75) is 13.3 Å². The van der Waals surface area contributed by atoms with Gasteiger partial charge in [0.25, 0.3) is 0 Å². The molecule has 0 fully saturated rings. The molecule has 0 amide bonds. The van der Waals surface area contributed by atoms with Crippen molar-refractivity contribution in [3.63, 3.8) is 0 Å². The fourth-order valence-corrected chi connectivity index (χ4v) is 1.96. The Labute approximate surface area is 102 Å². The Morgan fingerprint density at radius 2 is 1.88 bits per heavy atom. The van der Waals surface area contributed by atoms with E-state index in [1.807, 2.05) is 30.3 Å². The Kier molecular flexibility index (Phi) is 3.33. The van der Waals surface area contributed by atoms with Gasteiger partial charge in [0.15, 0.2) is 0 Å². The summed E-state index contributed by atoms with van der Waals surface area (Å²) in [5.41, 5.74) is 10.2. The lowest BCUT2D eigenvalue weighted by Crippen LogP contribution is -1.94. The number of aryl methyl sites for hydroxylation is 1. The van der Waals surface area contributed by atoms with E-state index in [0.717, 1.165) is 29.0 Å². The molecular weight excluding hydrogens is 210 g/mol. The zero-order valence-electron chi connectivity index (χ0n) is 10.2. The molecule has 0 saturated carbocycles. The quantitative estimate of drug-likeness (QED) is 0.814. The second-order valence-corrected chi connectivity index (χ2v) is 3.97. The fraction of sp³-hybridized carbons (Fsp3) is 0.200. The lowest BCUT2D eigenvalue weighted by atomic mass is 10.00. The zero-order chi connectivity index (χ0) is 12.3. The SMILES string of the molecule is CCc1cc(-c2ccccc2OC)ccc1N. The maximum Gasteiger partial charge on any atom is 0.126 e. The molecule has 0 aromatic heterocycles. The molecule has 0 bridgehead atoms. The van der Waals surface area contributed by atoms with Crippen molar-refractivity contribution in [1.29, 1.82) is 0 Å². The van der Waals surface area contributed by atoms with E-state index in [0.29, 0.717) is 0 Å². The smallest absolute Gasteiger partial charge is 0.126 e. The van der Waals surface area contributed by atoms with Crippen molar-refractivity contribution >= 4 is 5.69 Å². The molecule has 2 aromatic rings. The highest BCUT2D eigenvalue weighted by atomic mass is 16.5. The van der Waals surface area contributed by atoms with Crippen LogP contribution in [-0.4, -0.2) is 7.11 Å². The Hall–Kier alpha value is -1.96. The van der Waals surface area contributed by atoms with Gasteiger partial charge >= 0.3 is 0 Å². The van der Waals surface area contributed by atoms with E-state index >= 15 is 0 Å². The van der Waals surface area contributed by atoms with Crippen LogP contribution in [0.3, 0.4) is 0 Å². The molecule has 2 heteroatoms. The van der Waals surface area contributed by atoms with E-state index in [4.69, 9.17) is 10.5 Å². The van der Waals surface area contributed by atoms with Crippen molar-refractivity contribution in [2.75, 3.05) is 12.8 Å². The number of nitrogens with two attached hydrogens (primary N) is 1. The molecule has 0 aliphatic heterocycles. The molecule has 0 radical (unpaired) electrons. The van der Waals surface area contributed by atoms with E-state index in [9.17, 15) is 0 Å². The molecule has 2 N–H and O–H groups in total. The van der Waals surface area contributed by atoms with Crippen LogP contribution in [0.25, 0.3) is 11.1 Å². The predicted molar refractivity (Wildman–Crippen MR) is 72.2 cm³/mol. The third-order valence-corrected chi connectivity index (χ3v) is 2.94. The first-order valence-electron chi connectivity index (χ1n) is 5.78. The molecule has 0 aliphatic rings. The van der Waals surface area contributed by atoms with Gasteiger partial charge in [0.2, 0.25) is 0 Å². The lowest BCUT2D eigenvalue weighted by molar-refractivity contribution is 0.416. The second-order valence-electron chi connectivity index (χ2n) is 3.97. The average molecular weight is 227 g/mol. The highest BCUT2D eigenvalue weighted by Gasteiger charge is 2.06. The minimum absolute atomic E-state index is 0.853. The molecule has 88 valence electrons. The van der Waals surface area contributed by atoms with Gasteiger partial charge in [0.05, 0.1) is 7.11 Å². The minimum Gasteiger partial charge on any atom is -0.496 e. The normalized spacial score (nSPS) is 10.2. The van der Waals surface area contributed by atoms with Crippen molar-refractivity contribution in [2.24, 2.45) is 0 Å². The van der Waals surface area contributed by atoms with Crippen LogP contribution in [0.5, 0.6) is 5.75 Å². The largest absolute Gasteiger partial charge is 0.496 e. The molecule has 17 heavy (non-hydrogen) atoms. The van der Waals surface area contributed by atoms with Crippen LogP contribution >= 0.6 is 0 Å². The van der Waals surface area contributed by atoms with Crippen molar-refractivity contribution in [3.05, 3.63) is 48.0 Å². The lowest BCUT2D eigenvalue weighted by Gasteiger charge is -2.10.